The van der Waals surface area contributed by atoms with Gasteiger partial charge in [0.25, 0.3) is 0 Å². The third kappa shape index (κ3) is 2.54. The number of hydrogen-bond acceptors (Lipinski definition) is 1. The van der Waals surface area contributed by atoms with Crippen LogP contribution in [0.25, 0.3) is 22.2 Å². The van der Waals surface area contributed by atoms with Crippen molar-refractivity contribution in [3.63, 3.8) is 0 Å². The van der Waals surface area contributed by atoms with E-state index in [1.54, 1.807) is 0 Å². The Morgan fingerprint density at radius 2 is 1.74 bits per heavy atom. The zero-order chi connectivity index (χ0) is 13.2. The quantitative estimate of drug-likeness (QED) is 0.581. The molecule has 0 saturated heterocycles. The van der Waals surface area contributed by atoms with Gasteiger partial charge in [0.1, 0.15) is 0 Å². The summed E-state index contributed by atoms with van der Waals surface area (Å²) in [5, 5.41) is 1.18. The monoisotopic (exact) mass is 311 g/mol. The van der Waals surface area contributed by atoms with Crippen molar-refractivity contribution in [1.29, 1.82) is 0 Å². The summed E-state index contributed by atoms with van der Waals surface area (Å²) in [5.41, 5.74) is 4.50. The Balaban J connectivity index is 2.10. The molecule has 94 valence electrons. The highest BCUT2D eigenvalue weighted by Gasteiger charge is 2.04. The molecule has 0 bridgehead atoms. The summed E-state index contributed by atoms with van der Waals surface area (Å²) in [5.74, 6) is 0. The predicted octanol–water partition coefficient (Wildman–Crippen LogP) is 5.36. The maximum Gasteiger partial charge on any atom is 0.0709 e. The molecule has 1 aromatic heterocycles. The van der Waals surface area contributed by atoms with Crippen LogP contribution in [0.1, 0.15) is 17.3 Å². The fourth-order valence-electron chi connectivity index (χ4n) is 2.16. The Hall–Kier alpha value is -1.67. The van der Waals surface area contributed by atoms with E-state index in [4.69, 9.17) is 4.98 Å². The van der Waals surface area contributed by atoms with E-state index in [-0.39, 0.29) is 0 Å². The number of alkyl halides is 1. The van der Waals surface area contributed by atoms with E-state index >= 15 is 0 Å². The molecule has 0 aliphatic carbocycles. The van der Waals surface area contributed by atoms with Crippen molar-refractivity contribution in [3.8, 4) is 11.3 Å². The molecule has 1 unspecified atom stereocenters. The first-order chi connectivity index (χ1) is 9.24. The molecule has 2 heteroatoms. The topological polar surface area (TPSA) is 12.9 Å². The van der Waals surface area contributed by atoms with Crippen molar-refractivity contribution in [3.05, 3.63) is 66.2 Å². The molecule has 1 atom stereocenters. The molecule has 0 saturated carbocycles. The van der Waals surface area contributed by atoms with Gasteiger partial charge < -0.3 is 0 Å². The average Bonchev–Trinajstić information content (AvgIpc) is 2.47. The second-order valence-electron chi connectivity index (χ2n) is 4.63. The average molecular weight is 312 g/mol. The number of fused-ring (bicyclic) bond motifs is 1. The lowest BCUT2D eigenvalue weighted by atomic mass is 10.1. The van der Waals surface area contributed by atoms with Crippen LogP contribution in [0.4, 0.5) is 0 Å². The van der Waals surface area contributed by atoms with E-state index in [0.717, 1.165) is 16.8 Å². The molecular weight excluding hydrogens is 298 g/mol. The summed E-state index contributed by atoms with van der Waals surface area (Å²) in [6.07, 6.45) is 0. The lowest BCUT2D eigenvalue weighted by Gasteiger charge is -2.07. The summed E-state index contributed by atoms with van der Waals surface area (Å²) in [6.45, 7) is 2.13. The zero-order valence-electron chi connectivity index (χ0n) is 10.7. The molecule has 19 heavy (non-hydrogen) atoms. The minimum Gasteiger partial charge on any atom is -0.248 e. The maximum atomic E-state index is 4.73. The van der Waals surface area contributed by atoms with Gasteiger partial charge in [-0.2, -0.15) is 0 Å². The van der Waals surface area contributed by atoms with E-state index < -0.39 is 0 Å². The second-order valence-corrected chi connectivity index (χ2v) is 6.00. The van der Waals surface area contributed by atoms with Crippen LogP contribution < -0.4 is 0 Å². The summed E-state index contributed by atoms with van der Waals surface area (Å²) >= 11 is 3.60. The van der Waals surface area contributed by atoms with Gasteiger partial charge in [-0.05, 0) is 30.7 Å². The van der Waals surface area contributed by atoms with Gasteiger partial charge in [0.15, 0.2) is 0 Å². The Kier molecular flexibility index (Phi) is 3.34. The van der Waals surface area contributed by atoms with E-state index in [1.165, 1.54) is 10.9 Å². The molecular formula is C17H14BrN. The van der Waals surface area contributed by atoms with Crippen molar-refractivity contribution in [1.82, 2.24) is 4.98 Å². The van der Waals surface area contributed by atoms with Crippen molar-refractivity contribution < 1.29 is 0 Å². The third-order valence-corrected chi connectivity index (χ3v) is 3.77. The molecule has 3 aromatic rings. The van der Waals surface area contributed by atoms with Gasteiger partial charge in [-0.25, -0.2) is 4.98 Å². The molecule has 1 heterocycles. The summed E-state index contributed by atoms with van der Waals surface area (Å²) in [4.78, 5) is 5.10. The van der Waals surface area contributed by atoms with Crippen LogP contribution in [0, 0.1) is 0 Å². The molecule has 1 nitrogen and oxygen atoms in total. The van der Waals surface area contributed by atoms with Crippen LogP contribution in [0.15, 0.2) is 60.7 Å². The Labute approximate surface area is 121 Å². The van der Waals surface area contributed by atoms with Crippen LogP contribution in [0.2, 0.25) is 0 Å². The lowest BCUT2D eigenvalue weighted by Crippen LogP contribution is -1.88. The predicted molar refractivity (Wildman–Crippen MR) is 84.5 cm³/mol. The normalized spacial score (nSPS) is 12.5. The number of pyridine rings is 1. The van der Waals surface area contributed by atoms with Gasteiger partial charge >= 0.3 is 0 Å². The van der Waals surface area contributed by atoms with Crippen LogP contribution in [-0.4, -0.2) is 4.98 Å². The fraction of sp³-hybridized carbons (Fsp3) is 0.118. The van der Waals surface area contributed by atoms with Crippen molar-refractivity contribution >= 4 is 26.8 Å². The zero-order valence-corrected chi connectivity index (χ0v) is 12.3. The summed E-state index contributed by atoms with van der Waals surface area (Å²) in [6, 6.07) is 20.9. The minimum atomic E-state index is 0.366. The van der Waals surface area contributed by atoms with Crippen LogP contribution in [0.3, 0.4) is 0 Å². The summed E-state index contributed by atoms with van der Waals surface area (Å²) < 4.78 is 0. The van der Waals surface area contributed by atoms with Crippen molar-refractivity contribution in [2.24, 2.45) is 0 Å². The molecule has 0 fully saturated rings. The first-order valence-corrected chi connectivity index (χ1v) is 7.26. The maximum absolute atomic E-state index is 4.73. The van der Waals surface area contributed by atoms with Crippen LogP contribution in [0.5, 0.6) is 0 Å². The Bertz CT molecular complexity index is 705. The van der Waals surface area contributed by atoms with Gasteiger partial charge in [0, 0.05) is 15.8 Å². The molecule has 0 N–H and O–H groups in total. The highest BCUT2D eigenvalue weighted by atomic mass is 79.9. The number of halogens is 1. The lowest BCUT2D eigenvalue weighted by molar-refractivity contribution is 1.13. The highest BCUT2D eigenvalue weighted by molar-refractivity contribution is 9.09. The standard InChI is InChI=1S/C17H14BrN/c1-12(18)14-7-9-17-15(11-14)8-10-16(19-17)13-5-3-2-4-6-13/h2-12H,1H3. The van der Waals surface area contributed by atoms with Gasteiger partial charge in [-0.3, -0.25) is 0 Å². The van der Waals surface area contributed by atoms with Crippen molar-refractivity contribution in [2.75, 3.05) is 0 Å². The van der Waals surface area contributed by atoms with Gasteiger partial charge in [-0.15, -0.1) is 0 Å². The van der Waals surface area contributed by atoms with Crippen molar-refractivity contribution in [2.45, 2.75) is 11.8 Å². The Morgan fingerprint density at radius 1 is 0.947 bits per heavy atom. The van der Waals surface area contributed by atoms with Gasteiger partial charge in [0.2, 0.25) is 0 Å². The van der Waals surface area contributed by atoms with Crippen LogP contribution in [-0.2, 0) is 0 Å². The molecule has 0 radical (unpaired) electrons. The number of benzene rings is 2. The number of rotatable bonds is 2. The van der Waals surface area contributed by atoms with E-state index in [2.05, 4.69) is 65.3 Å². The first-order valence-electron chi connectivity index (χ1n) is 6.34. The molecule has 0 amide bonds. The number of hydrogen-bond donors (Lipinski definition) is 0. The minimum absolute atomic E-state index is 0.366. The third-order valence-electron chi connectivity index (χ3n) is 3.24. The molecule has 0 aliphatic heterocycles. The fourth-order valence-corrected chi connectivity index (χ4v) is 2.45. The Morgan fingerprint density at radius 3 is 2.47 bits per heavy atom. The SMILES string of the molecule is CC(Br)c1ccc2nc(-c3ccccc3)ccc2c1. The summed E-state index contributed by atoms with van der Waals surface area (Å²) in [7, 11) is 0. The van der Waals surface area contributed by atoms with Crippen LogP contribution >= 0.6 is 15.9 Å². The second kappa shape index (κ2) is 5.14. The smallest absolute Gasteiger partial charge is 0.0709 e. The largest absolute Gasteiger partial charge is 0.248 e. The van der Waals surface area contributed by atoms with E-state index in [9.17, 15) is 0 Å². The molecule has 2 aromatic carbocycles. The van der Waals surface area contributed by atoms with E-state index in [1.807, 2.05) is 18.2 Å². The van der Waals surface area contributed by atoms with E-state index in [0.29, 0.717) is 4.83 Å². The molecule has 3 rings (SSSR count). The first kappa shape index (κ1) is 12.4. The van der Waals surface area contributed by atoms with Gasteiger partial charge in [-0.1, -0.05) is 58.4 Å². The number of aromatic nitrogens is 1. The number of nitrogens with zero attached hydrogens (tertiary/aromatic N) is 1. The molecule has 0 spiro atoms. The van der Waals surface area contributed by atoms with Gasteiger partial charge in [0.05, 0.1) is 11.2 Å². The molecule has 0 aliphatic rings. The highest BCUT2D eigenvalue weighted by Crippen LogP contribution is 2.26.